The minimum atomic E-state index is 1.01. The Labute approximate surface area is 66.9 Å². The second-order valence-corrected chi connectivity index (χ2v) is 1.98. The van der Waals surface area contributed by atoms with Crippen LogP contribution in [0.15, 0.2) is 48.7 Å². The van der Waals surface area contributed by atoms with Crippen molar-refractivity contribution in [2.45, 2.75) is 0 Å². The summed E-state index contributed by atoms with van der Waals surface area (Å²) in [4.78, 5) is 0. The third-order valence-corrected chi connectivity index (χ3v) is 1.16. The van der Waals surface area contributed by atoms with Crippen molar-refractivity contribution in [2.75, 3.05) is 0 Å². The molecular formula is C11H8. The lowest BCUT2D eigenvalue weighted by molar-refractivity contribution is 1.65. The first-order valence-electron chi connectivity index (χ1n) is 3.34. The largest absolute Gasteiger partial charge is 0.120 e. The molecule has 11 heavy (non-hydrogen) atoms. The standard InChI is InChI=1S/C11H8/c1-2-3-5-8-11-9-6-4-7-10-11/h3-4,6-7,9-10H,1H2. The van der Waals surface area contributed by atoms with Gasteiger partial charge >= 0.3 is 0 Å². The first-order valence-corrected chi connectivity index (χ1v) is 3.34. The fourth-order valence-electron chi connectivity index (χ4n) is 0.692. The van der Waals surface area contributed by atoms with Crippen molar-refractivity contribution in [2.24, 2.45) is 0 Å². The highest BCUT2D eigenvalue weighted by atomic mass is 13.8. The summed E-state index contributed by atoms with van der Waals surface area (Å²) in [5.74, 6) is 5.74. The SMILES string of the molecule is C=C=CC#Cc1ccccc1. The number of allylic oxidation sites excluding steroid dienone is 1. The Hall–Kier alpha value is -1.70. The minimum Gasteiger partial charge on any atom is -0.120 e. The summed E-state index contributed by atoms with van der Waals surface area (Å²) in [6.45, 7) is 3.41. The average molecular weight is 140 g/mol. The van der Waals surface area contributed by atoms with Gasteiger partial charge in [0.2, 0.25) is 0 Å². The molecule has 1 rings (SSSR count). The molecule has 1 aromatic rings. The van der Waals surface area contributed by atoms with Crippen LogP contribution in [0.2, 0.25) is 0 Å². The van der Waals surface area contributed by atoms with E-state index in [-0.39, 0.29) is 0 Å². The molecule has 1 aromatic carbocycles. The van der Waals surface area contributed by atoms with E-state index in [0.29, 0.717) is 0 Å². The van der Waals surface area contributed by atoms with Gasteiger partial charge in [-0.3, -0.25) is 0 Å². The van der Waals surface area contributed by atoms with E-state index in [1.54, 1.807) is 6.08 Å². The van der Waals surface area contributed by atoms with Gasteiger partial charge in [-0.05, 0) is 12.1 Å². The maximum Gasteiger partial charge on any atom is 0.0299 e. The van der Waals surface area contributed by atoms with Crippen molar-refractivity contribution >= 4 is 0 Å². The molecule has 0 heterocycles. The van der Waals surface area contributed by atoms with E-state index in [4.69, 9.17) is 0 Å². The van der Waals surface area contributed by atoms with Crippen LogP contribution >= 0.6 is 0 Å². The highest BCUT2D eigenvalue weighted by molar-refractivity contribution is 5.36. The molecule has 0 radical (unpaired) electrons. The first kappa shape index (κ1) is 7.41. The van der Waals surface area contributed by atoms with E-state index >= 15 is 0 Å². The zero-order valence-corrected chi connectivity index (χ0v) is 6.17. The van der Waals surface area contributed by atoms with Gasteiger partial charge in [0, 0.05) is 11.6 Å². The van der Waals surface area contributed by atoms with Gasteiger partial charge in [0.05, 0.1) is 0 Å². The summed E-state index contributed by atoms with van der Waals surface area (Å²) in [5.41, 5.74) is 3.60. The molecule has 0 aliphatic carbocycles. The molecule has 0 bridgehead atoms. The summed E-state index contributed by atoms with van der Waals surface area (Å²) in [5, 5.41) is 0. The van der Waals surface area contributed by atoms with Crippen molar-refractivity contribution in [3.8, 4) is 11.8 Å². The van der Waals surface area contributed by atoms with Crippen molar-refractivity contribution in [3.63, 3.8) is 0 Å². The van der Waals surface area contributed by atoms with Crippen LogP contribution in [0, 0.1) is 11.8 Å². The summed E-state index contributed by atoms with van der Waals surface area (Å²) >= 11 is 0. The molecule has 0 amide bonds. The van der Waals surface area contributed by atoms with Crippen LogP contribution in [-0.4, -0.2) is 0 Å². The van der Waals surface area contributed by atoms with Gasteiger partial charge in [0.1, 0.15) is 0 Å². The van der Waals surface area contributed by atoms with Gasteiger partial charge in [-0.1, -0.05) is 36.6 Å². The second-order valence-electron chi connectivity index (χ2n) is 1.98. The van der Waals surface area contributed by atoms with Crippen molar-refractivity contribution in [1.82, 2.24) is 0 Å². The van der Waals surface area contributed by atoms with E-state index in [9.17, 15) is 0 Å². The molecule has 0 N–H and O–H groups in total. The molecule has 0 nitrogen and oxygen atoms in total. The van der Waals surface area contributed by atoms with Crippen molar-refractivity contribution < 1.29 is 0 Å². The normalized spacial score (nSPS) is 7.27. The van der Waals surface area contributed by atoms with Gasteiger partial charge in [0.25, 0.3) is 0 Å². The Balaban J connectivity index is 2.82. The lowest BCUT2D eigenvalue weighted by Crippen LogP contribution is -1.68. The molecule has 0 fully saturated rings. The minimum absolute atomic E-state index is 1.01. The molecule has 0 saturated carbocycles. The number of hydrogen-bond donors (Lipinski definition) is 0. The highest BCUT2D eigenvalue weighted by Gasteiger charge is 1.78. The lowest BCUT2D eigenvalue weighted by atomic mass is 10.2. The molecule has 0 unspecified atom stereocenters. The summed E-state index contributed by atoms with van der Waals surface area (Å²) in [7, 11) is 0. The third-order valence-electron chi connectivity index (χ3n) is 1.16. The van der Waals surface area contributed by atoms with Gasteiger partial charge < -0.3 is 0 Å². The van der Waals surface area contributed by atoms with Crippen LogP contribution in [-0.2, 0) is 0 Å². The van der Waals surface area contributed by atoms with Gasteiger partial charge in [0.15, 0.2) is 0 Å². The zero-order chi connectivity index (χ0) is 7.94. The topological polar surface area (TPSA) is 0 Å². The maximum absolute atomic E-state index is 3.41. The fourth-order valence-corrected chi connectivity index (χ4v) is 0.692. The predicted octanol–water partition coefficient (Wildman–Crippen LogP) is 2.38. The quantitative estimate of drug-likeness (QED) is 0.383. The molecule has 0 saturated heterocycles. The van der Waals surface area contributed by atoms with Crippen LogP contribution < -0.4 is 0 Å². The van der Waals surface area contributed by atoms with E-state index < -0.39 is 0 Å². The van der Waals surface area contributed by atoms with Gasteiger partial charge in [-0.2, -0.15) is 0 Å². The second kappa shape index (κ2) is 4.17. The number of benzene rings is 1. The summed E-state index contributed by atoms with van der Waals surface area (Å²) in [6.07, 6.45) is 1.60. The first-order chi connectivity index (χ1) is 5.43. The number of hydrogen-bond acceptors (Lipinski definition) is 0. The summed E-state index contributed by atoms with van der Waals surface area (Å²) < 4.78 is 0. The molecule has 0 aromatic heterocycles. The summed E-state index contributed by atoms with van der Waals surface area (Å²) in [6, 6.07) is 9.81. The molecule has 0 aliphatic heterocycles. The Morgan fingerprint density at radius 3 is 2.55 bits per heavy atom. The third kappa shape index (κ3) is 2.58. The van der Waals surface area contributed by atoms with E-state index in [0.717, 1.165) is 5.56 Å². The van der Waals surface area contributed by atoms with Gasteiger partial charge in [-0.15, -0.1) is 5.73 Å². The van der Waals surface area contributed by atoms with Crippen molar-refractivity contribution in [1.29, 1.82) is 0 Å². The van der Waals surface area contributed by atoms with E-state index in [1.807, 2.05) is 30.3 Å². The molecule has 0 spiro atoms. The van der Waals surface area contributed by atoms with Crippen LogP contribution in [0.4, 0.5) is 0 Å². The molecule has 0 atom stereocenters. The fraction of sp³-hybridized carbons (Fsp3) is 0. The Morgan fingerprint density at radius 1 is 1.18 bits per heavy atom. The van der Waals surface area contributed by atoms with Crippen LogP contribution in [0.5, 0.6) is 0 Å². The smallest absolute Gasteiger partial charge is 0.0299 e. The maximum atomic E-state index is 3.41. The zero-order valence-electron chi connectivity index (χ0n) is 6.17. The van der Waals surface area contributed by atoms with E-state index in [1.165, 1.54) is 0 Å². The lowest BCUT2D eigenvalue weighted by Gasteiger charge is -1.83. The monoisotopic (exact) mass is 140 g/mol. The van der Waals surface area contributed by atoms with Gasteiger partial charge in [-0.25, -0.2) is 0 Å². The van der Waals surface area contributed by atoms with E-state index in [2.05, 4.69) is 24.2 Å². The van der Waals surface area contributed by atoms with Crippen molar-refractivity contribution in [3.05, 3.63) is 54.3 Å². The Kier molecular flexibility index (Phi) is 2.81. The molecule has 52 valence electrons. The van der Waals surface area contributed by atoms with Crippen LogP contribution in [0.1, 0.15) is 5.56 Å². The predicted molar refractivity (Wildman–Crippen MR) is 47.0 cm³/mol. The average Bonchev–Trinajstić information content (AvgIpc) is 2.07. The highest BCUT2D eigenvalue weighted by Crippen LogP contribution is 1.94. The van der Waals surface area contributed by atoms with Crippen LogP contribution in [0.3, 0.4) is 0 Å². The Morgan fingerprint density at radius 2 is 1.91 bits per heavy atom. The number of rotatable bonds is 0. The molecule has 0 aliphatic rings. The Bertz CT molecular complexity index is 316. The van der Waals surface area contributed by atoms with Crippen LogP contribution in [0.25, 0.3) is 0 Å². The molecule has 0 heteroatoms. The molecular weight excluding hydrogens is 132 g/mol.